The van der Waals surface area contributed by atoms with E-state index in [4.69, 9.17) is 4.74 Å². The van der Waals surface area contributed by atoms with Gasteiger partial charge in [-0.05, 0) is 30.9 Å². The molecule has 0 saturated heterocycles. The van der Waals surface area contributed by atoms with Crippen molar-refractivity contribution in [3.05, 3.63) is 29.8 Å². The Kier molecular flexibility index (Phi) is 3.81. The highest BCUT2D eigenvalue weighted by atomic mass is 16.5. The van der Waals surface area contributed by atoms with Gasteiger partial charge in [0.1, 0.15) is 5.75 Å². The largest absolute Gasteiger partial charge is 0.494 e. The SMILES string of the molecule is CCOc1ccccc1CC(C)C. The molecule has 0 bridgehead atoms. The number of rotatable bonds is 4. The zero-order chi connectivity index (χ0) is 9.68. The third kappa shape index (κ3) is 3.10. The summed E-state index contributed by atoms with van der Waals surface area (Å²) in [7, 11) is 0. The topological polar surface area (TPSA) is 9.23 Å². The van der Waals surface area contributed by atoms with Gasteiger partial charge in [-0.2, -0.15) is 0 Å². The van der Waals surface area contributed by atoms with Crippen molar-refractivity contribution in [2.24, 2.45) is 5.92 Å². The fraction of sp³-hybridized carbons (Fsp3) is 0.500. The second-order valence-electron chi connectivity index (χ2n) is 3.64. The van der Waals surface area contributed by atoms with Crippen LogP contribution in [0.4, 0.5) is 0 Å². The first-order valence-corrected chi connectivity index (χ1v) is 4.94. The van der Waals surface area contributed by atoms with Crippen molar-refractivity contribution in [1.29, 1.82) is 0 Å². The summed E-state index contributed by atoms with van der Waals surface area (Å²) < 4.78 is 5.54. The van der Waals surface area contributed by atoms with Gasteiger partial charge in [-0.25, -0.2) is 0 Å². The third-order valence-electron chi connectivity index (χ3n) is 1.90. The lowest BCUT2D eigenvalue weighted by molar-refractivity contribution is 0.335. The van der Waals surface area contributed by atoms with Gasteiger partial charge in [0.2, 0.25) is 0 Å². The molecule has 0 aliphatic rings. The lowest BCUT2D eigenvalue weighted by Gasteiger charge is -2.11. The van der Waals surface area contributed by atoms with Crippen molar-refractivity contribution in [1.82, 2.24) is 0 Å². The van der Waals surface area contributed by atoms with Gasteiger partial charge < -0.3 is 4.74 Å². The van der Waals surface area contributed by atoms with Gasteiger partial charge in [-0.3, -0.25) is 0 Å². The minimum atomic E-state index is 0.682. The maximum absolute atomic E-state index is 5.54. The molecule has 1 heteroatoms. The van der Waals surface area contributed by atoms with E-state index in [2.05, 4.69) is 26.0 Å². The molecule has 0 unspecified atom stereocenters. The molecule has 1 aromatic rings. The lowest BCUT2D eigenvalue weighted by Crippen LogP contribution is -1.99. The molecular formula is C12H18O. The van der Waals surface area contributed by atoms with E-state index < -0.39 is 0 Å². The van der Waals surface area contributed by atoms with Crippen molar-refractivity contribution in [2.45, 2.75) is 27.2 Å². The lowest BCUT2D eigenvalue weighted by atomic mass is 10.0. The predicted octanol–water partition coefficient (Wildman–Crippen LogP) is 3.28. The zero-order valence-corrected chi connectivity index (χ0v) is 8.71. The van der Waals surface area contributed by atoms with Crippen molar-refractivity contribution in [3.63, 3.8) is 0 Å². The van der Waals surface area contributed by atoms with E-state index in [-0.39, 0.29) is 0 Å². The Morgan fingerprint density at radius 2 is 1.92 bits per heavy atom. The second-order valence-corrected chi connectivity index (χ2v) is 3.64. The quantitative estimate of drug-likeness (QED) is 0.687. The Morgan fingerprint density at radius 1 is 1.23 bits per heavy atom. The standard InChI is InChI=1S/C12H18O/c1-4-13-12-8-6-5-7-11(12)9-10(2)3/h5-8,10H,4,9H2,1-3H3. The van der Waals surface area contributed by atoms with Gasteiger partial charge in [0.25, 0.3) is 0 Å². The highest BCUT2D eigenvalue weighted by Gasteiger charge is 2.03. The summed E-state index contributed by atoms with van der Waals surface area (Å²) in [6, 6.07) is 8.28. The Hall–Kier alpha value is -0.980. The molecule has 0 N–H and O–H groups in total. The molecule has 0 spiro atoms. The summed E-state index contributed by atoms with van der Waals surface area (Å²) in [4.78, 5) is 0. The van der Waals surface area contributed by atoms with Crippen LogP contribution in [0, 0.1) is 5.92 Å². The number of ether oxygens (including phenoxy) is 1. The molecule has 0 atom stereocenters. The van der Waals surface area contributed by atoms with Gasteiger partial charge in [0.05, 0.1) is 6.61 Å². The minimum absolute atomic E-state index is 0.682. The monoisotopic (exact) mass is 178 g/mol. The molecule has 0 heterocycles. The third-order valence-corrected chi connectivity index (χ3v) is 1.90. The minimum Gasteiger partial charge on any atom is -0.494 e. The van der Waals surface area contributed by atoms with Gasteiger partial charge in [0, 0.05) is 0 Å². The zero-order valence-electron chi connectivity index (χ0n) is 8.71. The van der Waals surface area contributed by atoms with Crippen molar-refractivity contribution in [2.75, 3.05) is 6.61 Å². The Bertz CT molecular complexity index is 253. The van der Waals surface area contributed by atoms with Crippen LogP contribution < -0.4 is 4.74 Å². The summed E-state index contributed by atoms with van der Waals surface area (Å²) in [5.41, 5.74) is 1.32. The van der Waals surface area contributed by atoms with Crippen LogP contribution in [0.2, 0.25) is 0 Å². The number of hydrogen-bond acceptors (Lipinski definition) is 1. The van der Waals surface area contributed by atoms with E-state index in [9.17, 15) is 0 Å². The first kappa shape index (κ1) is 10.1. The predicted molar refractivity (Wildman–Crippen MR) is 56.2 cm³/mol. The van der Waals surface area contributed by atoms with Gasteiger partial charge in [-0.1, -0.05) is 32.0 Å². The Labute approximate surface area is 80.7 Å². The van der Waals surface area contributed by atoms with Gasteiger partial charge in [-0.15, -0.1) is 0 Å². The molecule has 0 fully saturated rings. The molecule has 0 aromatic heterocycles. The maximum Gasteiger partial charge on any atom is 0.122 e. The van der Waals surface area contributed by atoms with Crippen LogP contribution in [0.15, 0.2) is 24.3 Å². The molecule has 1 aromatic carbocycles. The van der Waals surface area contributed by atoms with Gasteiger partial charge in [0.15, 0.2) is 0 Å². The van der Waals surface area contributed by atoms with Crippen LogP contribution in [0.5, 0.6) is 5.75 Å². The second kappa shape index (κ2) is 4.90. The number of benzene rings is 1. The molecule has 1 rings (SSSR count). The van der Waals surface area contributed by atoms with Crippen LogP contribution in [-0.4, -0.2) is 6.61 Å². The average molecular weight is 178 g/mol. The van der Waals surface area contributed by atoms with E-state index in [0.717, 1.165) is 18.8 Å². The Morgan fingerprint density at radius 3 is 2.54 bits per heavy atom. The molecule has 0 amide bonds. The molecule has 0 aliphatic carbocycles. The van der Waals surface area contributed by atoms with Crippen molar-refractivity contribution in [3.8, 4) is 5.75 Å². The van der Waals surface area contributed by atoms with E-state index in [1.807, 2.05) is 19.1 Å². The number of hydrogen-bond donors (Lipinski definition) is 0. The highest BCUT2D eigenvalue weighted by molar-refractivity contribution is 5.33. The summed E-state index contributed by atoms with van der Waals surface area (Å²) >= 11 is 0. The fourth-order valence-corrected chi connectivity index (χ4v) is 1.41. The molecule has 1 nitrogen and oxygen atoms in total. The fourth-order valence-electron chi connectivity index (χ4n) is 1.41. The number of para-hydroxylation sites is 1. The smallest absolute Gasteiger partial charge is 0.122 e. The van der Waals surface area contributed by atoms with Crippen LogP contribution in [0.25, 0.3) is 0 Å². The highest BCUT2D eigenvalue weighted by Crippen LogP contribution is 2.20. The molecular weight excluding hydrogens is 160 g/mol. The summed E-state index contributed by atoms with van der Waals surface area (Å²) in [6.45, 7) is 7.21. The van der Waals surface area contributed by atoms with Crippen molar-refractivity contribution >= 4 is 0 Å². The van der Waals surface area contributed by atoms with Gasteiger partial charge >= 0.3 is 0 Å². The first-order valence-electron chi connectivity index (χ1n) is 4.94. The van der Waals surface area contributed by atoms with E-state index in [0.29, 0.717) is 5.92 Å². The van der Waals surface area contributed by atoms with Crippen LogP contribution >= 0.6 is 0 Å². The summed E-state index contributed by atoms with van der Waals surface area (Å²) in [5.74, 6) is 1.72. The van der Waals surface area contributed by atoms with E-state index >= 15 is 0 Å². The van der Waals surface area contributed by atoms with Crippen molar-refractivity contribution < 1.29 is 4.74 Å². The van der Waals surface area contributed by atoms with E-state index in [1.165, 1.54) is 5.56 Å². The van der Waals surface area contributed by atoms with Crippen LogP contribution in [-0.2, 0) is 6.42 Å². The summed E-state index contributed by atoms with van der Waals surface area (Å²) in [6.07, 6.45) is 1.09. The molecule has 0 saturated carbocycles. The summed E-state index contributed by atoms with van der Waals surface area (Å²) in [5, 5.41) is 0. The Balaban J connectivity index is 2.78. The normalized spacial score (nSPS) is 10.5. The maximum atomic E-state index is 5.54. The average Bonchev–Trinajstić information content (AvgIpc) is 2.08. The molecule has 13 heavy (non-hydrogen) atoms. The van der Waals surface area contributed by atoms with Crippen LogP contribution in [0.3, 0.4) is 0 Å². The molecule has 0 aliphatic heterocycles. The molecule has 0 radical (unpaired) electrons. The first-order chi connectivity index (χ1) is 6.24. The van der Waals surface area contributed by atoms with E-state index in [1.54, 1.807) is 0 Å². The van der Waals surface area contributed by atoms with Crippen LogP contribution in [0.1, 0.15) is 26.3 Å². The molecule has 72 valence electrons.